The number of nitro benzene ring substituents is 1. The molecule has 0 radical (unpaired) electrons. The zero-order chi connectivity index (χ0) is 19.0. The van der Waals surface area contributed by atoms with Gasteiger partial charge in [-0.05, 0) is 29.4 Å². The van der Waals surface area contributed by atoms with Crippen LogP contribution in [0.25, 0.3) is 0 Å². The first kappa shape index (κ1) is 18.9. The largest absolute Gasteiger partial charge is 0.323 e. The highest BCUT2D eigenvalue weighted by atomic mass is 31.2. The van der Waals surface area contributed by atoms with Crippen molar-refractivity contribution in [2.24, 2.45) is 0 Å². The minimum atomic E-state index is -0.686. The fourth-order valence-corrected chi connectivity index (χ4v) is 5.45. The number of rotatable bonds is 8. The summed E-state index contributed by atoms with van der Waals surface area (Å²) in [5.74, 6) is 0. The molecule has 0 amide bonds. The van der Waals surface area contributed by atoms with Gasteiger partial charge < -0.3 is 4.52 Å². The summed E-state index contributed by atoms with van der Waals surface area (Å²) in [4.78, 5) is 11.3. The lowest BCUT2D eigenvalue weighted by Crippen LogP contribution is -2.13. The Morgan fingerprint density at radius 2 is 1.81 bits per heavy atom. The van der Waals surface area contributed by atoms with Crippen molar-refractivity contribution in [2.45, 2.75) is 19.4 Å². The number of nitro groups is 1. The minimum Gasteiger partial charge on any atom is -0.323 e. The maximum absolute atomic E-state index is 11.6. The maximum Gasteiger partial charge on any atom is 0.273 e. The second-order valence-corrected chi connectivity index (χ2v) is 9.41. The summed E-state index contributed by atoms with van der Waals surface area (Å²) in [7, 11) is 1.96. The van der Waals surface area contributed by atoms with Crippen LogP contribution in [0.2, 0.25) is 0 Å². The van der Waals surface area contributed by atoms with Crippen molar-refractivity contribution in [2.75, 3.05) is 26.2 Å². The van der Waals surface area contributed by atoms with E-state index >= 15 is 0 Å². The van der Waals surface area contributed by atoms with Gasteiger partial charge in [-0.25, -0.2) is 9.34 Å². The van der Waals surface area contributed by atoms with Crippen LogP contribution >= 0.6 is 17.7 Å². The highest BCUT2D eigenvalue weighted by molar-refractivity contribution is 7.48. The highest BCUT2D eigenvalue weighted by Gasteiger charge is 2.40. The second-order valence-electron chi connectivity index (χ2n) is 6.94. The van der Waals surface area contributed by atoms with Crippen molar-refractivity contribution in [1.82, 2.24) is 9.34 Å². The summed E-state index contributed by atoms with van der Waals surface area (Å²) in [5, 5.41) is 12.4. The van der Waals surface area contributed by atoms with Crippen LogP contribution in [-0.4, -0.2) is 40.4 Å². The highest BCUT2D eigenvalue weighted by Crippen LogP contribution is 2.55. The predicted octanol–water partition coefficient (Wildman–Crippen LogP) is 3.62. The zero-order valence-electron chi connectivity index (χ0n) is 15.2. The van der Waals surface area contributed by atoms with E-state index < -0.39 is 8.45 Å². The Labute approximate surface area is 162 Å². The van der Waals surface area contributed by atoms with E-state index in [-0.39, 0.29) is 16.7 Å². The van der Waals surface area contributed by atoms with Gasteiger partial charge >= 0.3 is 0 Å². The van der Waals surface area contributed by atoms with E-state index in [1.165, 1.54) is 0 Å². The van der Waals surface area contributed by atoms with Gasteiger partial charge in [-0.1, -0.05) is 30.3 Å². The summed E-state index contributed by atoms with van der Waals surface area (Å²) >= 11 is 0. The SMILES string of the molecule is C[C@@H](OP(N1CC1)N1CC1)c1cc(Cc2ccccc2)c([N+](=O)[O-])cc1P. The summed E-state index contributed by atoms with van der Waals surface area (Å²) in [6.07, 6.45) is 0.426. The third-order valence-electron chi connectivity index (χ3n) is 4.74. The van der Waals surface area contributed by atoms with E-state index in [1.807, 2.05) is 43.3 Å². The Morgan fingerprint density at radius 3 is 2.37 bits per heavy atom. The fourth-order valence-electron chi connectivity index (χ4n) is 3.09. The van der Waals surface area contributed by atoms with Gasteiger partial charge in [0.05, 0.1) is 11.0 Å². The topological polar surface area (TPSA) is 58.4 Å². The molecule has 142 valence electrons. The molecule has 6 nitrogen and oxygen atoms in total. The molecule has 0 spiro atoms. The monoisotopic (exact) mass is 403 g/mol. The van der Waals surface area contributed by atoms with Gasteiger partial charge in [0.25, 0.3) is 5.69 Å². The fraction of sp³-hybridized carbons (Fsp3) is 0.368. The summed E-state index contributed by atoms with van der Waals surface area (Å²) in [6.45, 7) is 6.44. The molecule has 0 bridgehead atoms. The van der Waals surface area contributed by atoms with Crippen LogP contribution in [0.4, 0.5) is 5.69 Å². The molecule has 2 aliphatic heterocycles. The van der Waals surface area contributed by atoms with Crippen LogP contribution < -0.4 is 5.30 Å². The number of benzene rings is 2. The Hall–Kier alpha value is -1.42. The summed E-state index contributed by atoms with van der Waals surface area (Å²) in [6, 6.07) is 13.5. The van der Waals surface area contributed by atoms with E-state index in [4.69, 9.17) is 4.52 Å². The molecule has 0 N–H and O–H groups in total. The summed E-state index contributed by atoms with van der Waals surface area (Å²) in [5.41, 5.74) is 2.96. The molecule has 0 saturated carbocycles. The zero-order valence-corrected chi connectivity index (χ0v) is 17.3. The van der Waals surface area contributed by atoms with Gasteiger partial charge in [-0.2, -0.15) is 0 Å². The Bertz CT molecular complexity index is 830. The van der Waals surface area contributed by atoms with Crippen molar-refractivity contribution < 1.29 is 9.45 Å². The van der Waals surface area contributed by atoms with Crippen LogP contribution in [0.3, 0.4) is 0 Å². The molecule has 2 heterocycles. The van der Waals surface area contributed by atoms with Gasteiger partial charge in [0.15, 0.2) is 8.45 Å². The second kappa shape index (κ2) is 7.90. The molecule has 0 aromatic heterocycles. The van der Waals surface area contributed by atoms with Gasteiger partial charge in [0.2, 0.25) is 0 Å². The molecule has 1 unspecified atom stereocenters. The average molecular weight is 403 g/mol. The Kier molecular flexibility index (Phi) is 5.54. The molecule has 2 atom stereocenters. The molecule has 8 heteroatoms. The number of hydrogen-bond donors (Lipinski definition) is 0. The van der Waals surface area contributed by atoms with Crippen LogP contribution in [0.5, 0.6) is 0 Å². The minimum absolute atomic E-state index is 0.111. The molecule has 2 fully saturated rings. The lowest BCUT2D eigenvalue weighted by molar-refractivity contribution is -0.385. The van der Waals surface area contributed by atoms with E-state index in [9.17, 15) is 10.1 Å². The molecule has 4 rings (SSSR count). The molecule has 2 aliphatic rings. The molecular formula is C19H23N3O3P2. The van der Waals surface area contributed by atoms with Gasteiger partial charge in [0, 0.05) is 44.2 Å². The van der Waals surface area contributed by atoms with E-state index in [0.29, 0.717) is 6.42 Å². The molecule has 2 aromatic carbocycles. The first-order chi connectivity index (χ1) is 13.0. The van der Waals surface area contributed by atoms with E-state index in [2.05, 4.69) is 18.6 Å². The van der Waals surface area contributed by atoms with Gasteiger partial charge in [0.1, 0.15) is 0 Å². The molecular weight excluding hydrogens is 380 g/mol. The molecule has 2 aromatic rings. The maximum atomic E-state index is 11.6. The van der Waals surface area contributed by atoms with Crippen molar-refractivity contribution >= 4 is 28.7 Å². The van der Waals surface area contributed by atoms with E-state index in [1.54, 1.807) is 6.07 Å². The van der Waals surface area contributed by atoms with Crippen molar-refractivity contribution in [1.29, 1.82) is 0 Å². The third kappa shape index (κ3) is 4.53. The first-order valence-electron chi connectivity index (χ1n) is 9.10. The summed E-state index contributed by atoms with van der Waals surface area (Å²) < 4.78 is 11.1. The van der Waals surface area contributed by atoms with E-state index in [0.717, 1.165) is 48.2 Å². The third-order valence-corrected chi connectivity index (χ3v) is 7.51. The quantitative estimate of drug-likeness (QED) is 0.292. The number of nitrogens with zero attached hydrogens (tertiary/aromatic N) is 3. The first-order valence-corrected chi connectivity index (χ1v) is 10.8. The molecule has 0 aliphatic carbocycles. The molecule has 2 saturated heterocycles. The number of hydrogen-bond acceptors (Lipinski definition) is 5. The lowest BCUT2D eigenvalue weighted by atomic mass is 9.99. The van der Waals surface area contributed by atoms with Crippen molar-refractivity contribution in [3.8, 4) is 0 Å². The Morgan fingerprint density at radius 1 is 1.19 bits per heavy atom. The van der Waals surface area contributed by atoms with Gasteiger partial charge in [-0.15, -0.1) is 9.24 Å². The van der Waals surface area contributed by atoms with Crippen molar-refractivity contribution in [3.05, 3.63) is 69.3 Å². The van der Waals surface area contributed by atoms with Gasteiger partial charge in [-0.3, -0.25) is 10.1 Å². The average Bonchev–Trinajstić information content (AvgIpc) is 3.55. The van der Waals surface area contributed by atoms with Crippen LogP contribution in [0.15, 0.2) is 42.5 Å². The van der Waals surface area contributed by atoms with Crippen LogP contribution in [0, 0.1) is 10.1 Å². The standard InChI is InChI=1S/C19H23N3O3P2/c1-14(25-27(20-7-8-20)21-9-10-21)17-12-16(11-15-5-3-2-4-6-15)18(22(23)24)13-19(17)26/h2-6,12-14H,7-11,26H2,1H3/t14-/m1/s1. The smallest absolute Gasteiger partial charge is 0.273 e. The lowest BCUT2D eigenvalue weighted by Gasteiger charge is -2.24. The van der Waals surface area contributed by atoms with Crippen LogP contribution in [-0.2, 0) is 10.9 Å². The molecule has 27 heavy (non-hydrogen) atoms. The Balaban J connectivity index is 1.61. The normalized spacial score (nSPS) is 17.9. The van der Waals surface area contributed by atoms with Crippen molar-refractivity contribution in [3.63, 3.8) is 0 Å². The van der Waals surface area contributed by atoms with Crippen LogP contribution in [0.1, 0.15) is 29.7 Å². The predicted molar refractivity (Wildman–Crippen MR) is 111 cm³/mol.